The van der Waals surface area contributed by atoms with E-state index in [0.29, 0.717) is 10.6 Å². The predicted molar refractivity (Wildman–Crippen MR) is 70.6 cm³/mol. The van der Waals surface area contributed by atoms with Gasteiger partial charge in [-0.25, -0.2) is 9.78 Å². The number of aromatic carboxylic acids is 1. The van der Waals surface area contributed by atoms with Crippen LogP contribution in [0.25, 0.3) is 0 Å². The molecule has 0 saturated heterocycles. The minimum Gasteiger partial charge on any atom is -0.478 e. The van der Waals surface area contributed by atoms with Crippen LogP contribution in [0.15, 0.2) is 42.6 Å². The van der Waals surface area contributed by atoms with Crippen molar-refractivity contribution >= 4 is 29.3 Å². The standard InChI is InChI=1S/C13H9ClN2O3/c14-9-4-1-3-8(7-9)12(17)16-11-10(13(18)19)5-2-6-15-11/h1-7H,(H,18,19)(H,15,16,17). The molecular weight excluding hydrogens is 268 g/mol. The van der Waals surface area contributed by atoms with Gasteiger partial charge in [-0.3, -0.25) is 4.79 Å². The van der Waals surface area contributed by atoms with Crippen molar-refractivity contribution in [2.24, 2.45) is 0 Å². The lowest BCUT2D eigenvalue weighted by Gasteiger charge is -2.07. The number of carbonyl (C=O) groups is 2. The number of pyridine rings is 1. The van der Waals surface area contributed by atoms with Crippen molar-refractivity contribution in [1.29, 1.82) is 0 Å². The second-order valence-corrected chi connectivity index (χ2v) is 4.11. The highest BCUT2D eigenvalue weighted by molar-refractivity contribution is 6.31. The first-order valence-corrected chi connectivity index (χ1v) is 5.71. The second-order valence-electron chi connectivity index (χ2n) is 3.67. The number of anilines is 1. The van der Waals surface area contributed by atoms with Crippen LogP contribution in [0.1, 0.15) is 20.7 Å². The highest BCUT2D eigenvalue weighted by atomic mass is 35.5. The molecular formula is C13H9ClN2O3. The highest BCUT2D eigenvalue weighted by Gasteiger charge is 2.14. The molecule has 0 saturated carbocycles. The maximum Gasteiger partial charge on any atom is 0.339 e. The number of benzene rings is 1. The van der Waals surface area contributed by atoms with Crippen molar-refractivity contribution in [2.45, 2.75) is 0 Å². The monoisotopic (exact) mass is 276 g/mol. The van der Waals surface area contributed by atoms with Crippen LogP contribution in [0.2, 0.25) is 5.02 Å². The van der Waals surface area contributed by atoms with Gasteiger partial charge in [0, 0.05) is 16.8 Å². The molecule has 5 nitrogen and oxygen atoms in total. The molecule has 0 spiro atoms. The van der Waals surface area contributed by atoms with Gasteiger partial charge in [-0.2, -0.15) is 0 Å². The van der Waals surface area contributed by atoms with Gasteiger partial charge < -0.3 is 10.4 Å². The molecule has 96 valence electrons. The van der Waals surface area contributed by atoms with E-state index < -0.39 is 11.9 Å². The van der Waals surface area contributed by atoms with Crippen LogP contribution in [-0.4, -0.2) is 22.0 Å². The molecule has 1 amide bonds. The first-order chi connectivity index (χ1) is 9.08. The van der Waals surface area contributed by atoms with E-state index in [-0.39, 0.29) is 11.4 Å². The van der Waals surface area contributed by atoms with E-state index in [9.17, 15) is 9.59 Å². The fourth-order valence-corrected chi connectivity index (χ4v) is 1.68. The normalized spacial score (nSPS) is 9.95. The number of carbonyl (C=O) groups excluding carboxylic acids is 1. The third kappa shape index (κ3) is 3.08. The molecule has 2 rings (SSSR count). The fourth-order valence-electron chi connectivity index (χ4n) is 1.49. The van der Waals surface area contributed by atoms with E-state index in [0.717, 1.165) is 0 Å². The smallest absolute Gasteiger partial charge is 0.339 e. The summed E-state index contributed by atoms with van der Waals surface area (Å²) in [7, 11) is 0. The molecule has 2 aromatic rings. The SMILES string of the molecule is O=C(Nc1ncccc1C(=O)O)c1cccc(Cl)c1. The number of aromatic nitrogens is 1. The number of carboxylic acids is 1. The molecule has 0 aliphatic heterocycles. The largest absolute Gasteiger partial charge is 0.478 e. The molecule has 0 radical (unpaired) electrons. The molecule has 1 aromatic heterocycles. The average Bonchev–Trinajstić information content (AvgIpc) is 2.39. The maximum absolute atomic E-state index is 11.9. The summed E-state index contributed by atoms with van der Waals surface area (Å²) < 4.78 is 0. The third-order valence-electron chi connectivity index (χ3n) is 2.36. The van der Waals surface area contributed by atoms with Gasteiger partial charge in [-0.05, 0) is 30.3 Å². The molecule has 2 N–H and O–H groups in total. The van der Waals surface area contributed by atoms with Crippen LogP contribution in [0, 0.1) is 0 Å². The Morgan fingerprint density at radius 1 is 1.21 bits per heavy atom. The zero-order valence-electron chi connectivity index (χ0n) is 9.63. The maximum atomic E-state index is 11.9. The highest BCUT2D eigenvalue weighted by Crippen LogP contribution is 2.15. The first kappa shape index (κ1) is 13.0. The molecule has 6 heteroatoms. The number of rotatable bonds is 3. The summed E-state index contributed by atoms with van der Waals surface area (Å²) in [6, 6.07) is 9.18. The lowest BCUT2D eigenvalue weighted by atomic mass is 10.2. The minimum absolute atomic E-state index is 0.0000227. The van der Waals surface area contributed by atoms with Gasteiger partial charge in [0.2, 0.25) is 0 Å². The fraction of sp³-hybridized carbons (Fsp3) is 0. The van der Waals surface area contributed by atoms with Gasteiger partial charge in [0.25, 0.3) is 5.91 Å². The summed E-state index contributed by atoms with van der Waals surface area (Å²) in [6.45, 7) is 0. The van der Waals surface area contributed by atoms with E-state index in [1.165, 1.54) is 24.4 Å². The molecule has 1 aromatic carbocycles. The quantitative estimate of drug-likeness (QED) is 0.903. The summed E-state index contributed by atoms with van der Waals surface area (Å²) in [5.74, 6) is -1.63. The van der Waals surface area contributed by atoms with Crippen molar-refractivity contribution in [3.05, 3.63) is 58.7 Å². The molecule has 0 aliphatic carbocycles. The summed E-state index contributed by atoms with van der Waals surface area (Å²) >= 11 is 5.78. The molecule has 1 heterocycles. The molecule has 0 unspecified atom stereocenters. The summed E-state index contributed by atoms with van der Waals surface area (Å²) in [4.78, 5) is 26.8. The van der Waals surface area contributed by atoms with Crippen molar-refractivity contribution in [1.82, 2.24) is 4.98 Å². The van der Waals surface area contributed by atoms with Crippen molar-refractivity contribution in [3.8, 4) is 0 Å². The number of hydrogen-bond donors (Lipinski definition) is 2. The lowest BCUT2D eigenvalue weighted by Crippen LogP contribution is -2.15. The number of halogens is 1. The summed E-state index contributed by atoms with van der Waals surface area (Å²) in [6.07, 6.45) is 1.40. The van der Waals surface area contributed by atoms with Gasteiger partial charge >= 0.3 is 5.97 Å². The third-order valence-corrected chi connectivity index (χ3v) is 2.59. The molecule has 19 heavy (non-hydrogen) atoms. The number of nitrogens with one attached hydrogen (secondary N) is 1. The lowest BCUT2D eigenvalue weighted by molar-refractivity contribution is 0.0697. The van der Waals surface area contributed by atoms with Crippen LogP contribution >= 0.6 is 11.6 Å². The van der Waals surface area contributed by atoms with Crippen LogP contribution in [0.5, 0.6) is 0 Å². The Kier molecular flexibility index (Phi) is 3.77. The number of hydrogen-bond acceptors (Lipinski definition) is 3. The van der Waals surface area contributed by atoms with Gasteiger partial charge in [-0.1, -0.05) is 17.7 Å². The topological polar surface area (TPSA) is 79.3 Å². The number of nitrogens with zero attached hydrogens (tertiary/aromatic N) is 1. The minimum atomic E-state index is -1.16. The van der Waals surface area contributed by atoms with Crippen LogP contribution in [0.4, 0.5) is 5.82 Å². The van der Waals surface area contributed by atoms with Gasteiger partial charge in [0.1, 0.15) is 11.4 Å². The van der Waals surface area contributed by atoms with E-state index in [4.69, 9.17) is 16.7 Å². The summed E-state index contributed by atoms with van der Waals surface area (Å²) in [5.41, 5.74) is 0.257. The average molecular weight is 277 g/mol. The van der Waals surface area contributed by atoms with Crippen molar-refractivity contribution in [2.75, 3.05) is 5.32 Å². The molecule has 0 fully saturated rings. The van der Waals surface area contributed by atoms with Crippen molar-refractivity contribution in [3.63, 3.8) is 0 Å². The van der Waals surface area contributed by atoms with Gasteiger partial charge in [0.05, 0.1) is 0 Å². The Morgan fingerprint density at radius 3 is 2.68 bits per heavy atom. The zero-order chi connectivity index (χ0) is 13.8. The van der Waals surface area contributed by atoms with E-state index in [1.54, 1.807) is 18.2 Å². The number of carboxylic acid groups (broad SMARTS) is 1. The number of amides is 1. The first-order valence-electron chi connectivity index (χ1n) is 5.33. The van der Waals surface area contributed by atoms with Gasteiger partial charge in [-0.15, -0.1) is 0 Å². The van der Waals surface area contributed by atoms with E-state index in [2.05, 4.69) is 10.3 Å². The molecule has 0 aliphatic rings. The van der Waals surface area contributed by atoms with Crippen LogP contribution in [0.3, 0.4) is 0 Å². The zero-order valence-corrected chi connectivity index (χ0v) is 10.4. The van der Waals surface area contributed by atoms with Crippen LogP contribution in [-0.2, 0) is 0 Å². The molecule has 0 bridgehead atoms. The van der Waals surface area contributed by atoms with Gasteiger partial charge in [0.15, 0.2) is 0 Å². The Balaban J connectivity index is 2.27. The second kappa shape index (κ2) is 5.49. The Labute approximate surface area is 113 Å². The van der Waals surface area contributed by atoms with Crippen LogP contribution < -0.4 is 5.32 Å². The van der Waals surface area contributed by atoms with Crippen molar-refractivity contribution < 1.29 is 14.7 Å². The Hall–Kier alpha value is -2.40. The van der Waals surface area contributed by atoms with E-state index in [1.807, 2.05) is 0 Å². The molecule has 0 atom stereocenters. The Bertz CT molecular complexity index is 643. The summed E-state index contributed by atoms with van der Waals surface area (Å²) in [5, 5.41) is 11.8. The Morgan fingerprint density at radius 2 is 2.00 bits per heavy atom. The van der Waals surface area contributed by atoms with E-state index >= 15 is 0 Å². The predicted octanol–water partition coefficient (Wildman–Crippen LogP) is 2.69.